The minimum Gasteiger partial charge on any atom is -0.369 e. The summed E-state index contributed by atoms with van der Waals surface area (Å²) in [6.45, 7) is 0. The van der Waals surface area contributed by atoms with Gasteiger partial charge in [0, 0.05) is 21.5 Å². The molecule has 8 heteroatoms. The lowest BCUT2D eigenvalue weighted by atomic mass is 10.1. The molecule has 2 N–H and O–H groups in total. The second-order valence-electron chi connectivity index (χ2n) is 5.93. The van der Waals surface area contributed by atoms with E-state index in [4.69, 9.17) is 17.3 Å². The molecular formula is C20H14ClN3O2S2. The Kier molecular flexibility index (Phi) is 5.21. The van der Waals surface area contributed by atoms with Crippen molar-refractivity contribution in [1.82, 2.24) is 9.55 Å². The minimum atomic E-state index is -0.470. The quantitative estimate of drug-likeness (QED) is 0.379. The Morgan fingerprint density at radius 2 is 1.82 bits per heavy atom. The van der Waals surface area contributed by atoms with Crippen molar-refractivity contribution >= 4 is 50.8 Å². The van der Waals surface area contributed by atoms with Gasteiger partial charge in [0.1, 0.15) is 4.83 Å². The predicted octanol–water partition coefficient (Wildman–Crippen LogP) is 4.35. The highest BCUT2D eigenvalue weighted by Crippen LogP contribution is 2.36. The van der Waals surface area contributed by atoms with Crippen molar-refractivity contribution in [1.29, 1.82) is 0 Å². The zero-order valence-electron chi connectivity index (χ0n) is 14.5. The molecule has 2 aromatic heterocycles. The van der Waals surface area contributed by atoms with Crippen LogP contribution in [0.2, 0.25) is 5.02 Å². The molecule has 0 unspecified atom stereocenters. The highest BCUT2D eigenvalue weighted by Gasteiger charge is 2.19. The Hall–Kier alpha value is -2.61. The van der Waals surface area contributed by atoms with E-state index in [1.54, 1.807) is 6.07 Å². The average Bonchev–Trinajstić information content (AvgIpc) is 3.11. The lowest BCUT2D eigenvalue weighted by molar-refractivity contribution is -0.115. The topological polar surface area (TPSA) is 78.0 Å². The Balaban J connectivity index is 2.01. The Labute approximate surface area is 173 Å². The van der Waals surface area contributed by atoms with Gasteiger partial charge in [0.2, 0.25) is 5.91 Å². The van der Waals surface area contributed by atoms with Crippen LogP contribution in [0.1, 0.15) is 0 Å². The number of primary amides is 1. The summed E-state index contributed by atoms with van der Waals surface area (Å²) in [5.74, 6) is -0.435. The van der Waals surface area contributed by atoms with Crippen LogP contribution in [0, 0.1) is 0 Å². The molecule has 1 amide bonds. The van der Waals surface area contributed by atoms with Crippen molar-refractivity contribution in [3.05, 3.63) is 75.4 Å². The van der Waals surface area contributed by atoms with Gasteiger partial charge in [0.15, 0.2) is 5.16 Å². The van der Waals surface area contributed by atoms with Crippen molar-refractivity contribution in [3.8, 4) is 16.8 Å². The molecule has 0 bridgehead atoms. The molecule has 0 saturated heterocycles. The van der Waals surface area contributed by atoms with Crippen LogP contribution < -0.4 is 11.3 Å². The van der Waals surface area contributed by atoms with E-state index in [2.05, 4.69) is 4.98 Å². The molecule has 0 radical (unpaired) electrons. The molecule has 140 valence electrons. The van der Waals surface area contributed by atoms with Crippen molar-refractivity contribution in [2.75, 3.05) is 5.75 Å². The second-order valence-corrected chi connectivity index (χ2v) is 8.14. The van der Waals surface area contributed by atoms with Crippen LogP contribution >= 0.6 is 34.7 Å². The summed E-state index contributed by atoms with van der Waals surface area (Å²) in [4.78, 5) is 30.0. The van der Waals surface area contributed by atoms with Gasteiger partial charge in [-0.2, -0.15) is 0 Å². The van der Waals surface area contributed by atoms with Gasteiger partial charge in [0.05, 0.1) is 16.8 Å². The fourth-order valence-electron chi connectivity index (χ4n) is 2.89. The first-order valence-electron chi connectivity index (χ1n) is 8.32. The Bertz CT molecular complexity index is 1240. The van der Waals surface area contributed by atoms with Gasteiger partial charge in [-0.25, -0.2) is 4.98 Å². The van der Waals surface area contributed by atoms with E-state index in [1.807, 2.05) is 53.9 Å². The van der Waals surface area contributed by atoms with E-state index in [1.165, 1.54) is 15.9 Å². The number of thioether (sulfide) groups is 1. The molecule has 28 heavy (non-hydrogen) atoms. The summed E-state index contributed by atoms with van der Waals surface area (Å²) in [7, 11) is 0. The monoisotopic (exact) mass is 427 g/mol. The summed E-state index contributed by atoms with van der Waals surface area (Å²) in [6.07, 6.45) is 0. The molecule has 0 spiro atoms. The summed E-state index contributed by atoms with van der Waals surface area (Å²) in [6, 6.07) is 16.6. The van der Waals surface area contributed by atoms with Gasteiger partial charge in [-0.05, 0) is 18.2 Å². The van der Waals surface area contributed by atoms with E-state index in [0.29, 0.717) is 26.1 Å². The van der Waals surface area contributed by atoms with E-state index in [-0.39, 0.29) is 11.3 Å². The lowest BCUT2D eigenvalue weighted by Crippen LogP contribution is -2.22. The van der Waals surface area contributed by atoms with E-state index < -0.39 is 5.91 Å². The molecule has 5 nitrogen and oxygen atoms in total. The number of hydrogen-bond donors (Lipinski definition) is 1. The molecule has 0 aliphatic heterocycles. The van der Waals surface area contributed by atoms with Crippen LogP contribution in [0.25, 0.3) is 27.0 Å². The predicted molar refractivity (Wildman–Crippen MR) is 116 cm³/mol. The van der Waals surface area contributed by atoms with Crippen LogP contribution in [0.3, 0.4) is 0 Å². The number of carbonyl (C=O) groups excluding carboxylic acids is 1. The zero-order valence-corrected chi connectivity index (χ0v) is 16.9. The number of carbonyl (C=O) groups is 1. The standard InChI is InChI=1S/C20H14ClN3O2S2/c21-15-9-5-4-8-13(15)14-10-27-18-17(14)19(26)24(12-6-2-1-3-7-12)20(23-18)28-11-16(22)25/h1-10H,11H2,(H2,22,25). The van der Waals surface area contributed by atoms with Crippen molar-refractivity contribution in [2.24, 2.45) is 5.73 Å². The molecule has 2 aromatic carbocycles. The summed E-state index contributed by atoms with van der Waals surface area (Å²) < 4.78 is 1.52. The lowest BCUT2D eigenvalue weighted by Gasteiger charge is -2.12. The fraction of sp³-hybridized carbons (Fsp3) is 0.0500. The van der Waals surface area contributed by atoms with Crippen LogP contribution in [-0.2, 0) is 4.79 Å². The third-order valence-electron chi connectivity index (χ3n) is 4.10. The smallest absolute Gasteiger partial charge is 0.268 e. The number of para-hydroxylation sites is 1. The third kappa shape index (κ3) is 3.44. The number of nitrogens with zero attached hydrogens (tertiary/aromatic N) is 2. The Morgan fingerprint density at radius 3 is 2.54 bits per heavy atom. The second kappa shape index (κ2) is 7.79. The van der Waals surface area contributed by atoms with E-state index in [9.17, 15) is 9.59 Å². The van der Waals surface area contributed by atoms with Crippen LogP contribution in [0.5, 0.6) is 0 Å². The van der Waals surface area contributed by atoms with Gasteiger partial charge in [-0.15, -0.1) is 11.3 Å². The number of fused-ring (bicyclic) bond motifs is 1. The summed E-state index contributed by atoms with van der Waals surface area (Å²) in [5.41, 5.74) is 7.29. The molecule has 2 heterocycles. The van der Waals surface area contributed by atoms with Crippen LogP contribution in [0.15, 0.2) is 69.9 Å². The molecule has 0 aliphatic rings. The molecule has 0 fully saturated rings. The first kappa shape index (κ1) is 18.7. The Morgan fingerprint density at radius 1 is 1.11 bits per heavy atom. The average molecular weight is 428 g/mol. The maximum absolute atomic E-state index is 13.5. The third-order valence-corrected chi connectivity index (χ3v) is 6.26. The van der Waals surface area contributed by atoms with Gasteiger partial charge < -0.3 is 5.73 Å². The zero-order chi connectivity index (χ0) is 19.7. The first-order chi connectivity index (χ1) is 13.6. The number of benzene rings is 2. The molecular weight excluding hydrogens is 414 g/mol. The largest absolute Gasteiger partial charge is 0.369 e. The molecule has 0 atom stereocenters. The van der Waals surface area contributed by atoms with Gasteiger partial charge in [-0.3, -0.25) is 14.2 Å². The number of thiophene rings is 1. The highest BCUT2D eigenvalue weighted by molar-refractivity contribution is 7.99. The van der Waals surface area contributed by atoms with E-state index >= 15 is 0 Å². The van der Waals surface area contributed by atoms with Gasteiger partial charge >= 0.3 is 0 Å². The fourth-order valence-corrected chi connectivity index (χ4v) is 4.86. The maximum atomic E-state index is 13.5. The van der Waals surface area contributed by atoms with Crippen molar-refractivity contribution in [2.45, 2.75) is 5.16 Å². The number of aromatic nitrogens is 2. The number of hydrogen-bond acceptors (Lipinski definition) is 5. The van der Waals surface area contributed by atoms with Crippen LogP contribution in [0.4, 0.5) is 0 Å². The summed E-state index contributed by atoms with van der Waals surface area (Å²) in [5, 5.41) is 3.39. The van der Waals surface area contributed by atoms with Crippen molar-refractivity contribution < 1.29 is 4.79 Å². The molecule has 4 rings (SSSR count). The normalized spacial score (nSPS) is 11.0. The highest BCUT2D eigenvalue weighted by atomic mass is 35.5. The molecule has 0 saturated carbocycles. The number of halogens is 1. The SMILES string of the molecule is NC(=O)CSc1nc2scc(-c3ccccc3Cl)c2c(=O)n1-c1ccccc1. The van der Waals surface area contributed by atoms with Gasteiger partial charge in [0.25, 0.3) is 5.56 Å². The number of nitrogens with two attached hydrogens (primary N) is 1. The van der Waals surface area contributed by atoms with Gasteiger partial charge in [-0.1, -0.05) is 59.8 Å². The maximum Gasteiger partial charge on any atom is 0.268 e. The minimum absolute atomic E-state index is 0.0352. The summed E-state index contributed by atoms with van der Waals surface area (Å²) >= 11 is 8.88. The van der Waals surface area contributed by atoms with Crippen LogP contribution in [-0.4, -0.2) is 21.2 Å². The number of rotatable bonds is 5. The first-order valence-corrected chi connectivity index (χ1v) is 10.6. The van der Waals surface area contributed by atoms with E-state index in [0.717, 1.165) is 22.9 Å². The van der Waals surface area contributed by atoms with Crippen molar-refractivity contribution in [3.63, 3.8) is 0 Å². The molecule has 0 aliphatic carbocycles. The molecule has 4 aromatic rings. The number of amides is 1.